The predicted octanol–water partition coefficient (Wildman–Crippen LogP) is 6.19. The molecule has 0 aromatic heterocycles. The van der Waals surface area contributed by atoms with Gasteiger partial charge in [0.1, 0.15) is 18.4 Å². The van der Waals surface area contributed by atoms with E-state index in [1.54, 1.807) is 55.5 Å². The van der Waals surface area contributed by atoms with Crippen LogP contribution in [0.25, 0.3) is 0 Å². The lowest BCUT2D eigenvalue weighted by Gasteiger charge is -2.34. The van der Waals surface area contributed by atoms with Crippen molar-refractivity contribution in [2.75, 3.05) is 10.8 Å². The fourth-order valence-electron chi connectivity index (χ4n) is 5.00. The zero-order valence-electron chi connectivity index (χ0n) is 22.6. The molecule has 3 aromatic carbocycles. The van der Waals surface area contributed by atoms with Crippen molar-refractivity contribution in [1.29, 1.82) is 0 Å². The summed E-state index contributed by atoms with van der Waals surface area (Å²) in [5, 5.41) is 3.70. The summed E-state index contributed by atoms with van der Waals surface area (Å²) >= 11 is 12.9. The third-order valence-electron chi connectivity index (χ3n) is 7.20. The number of amides is 2. The Morgan fingerprint density at radius 2 is 1.56 bits per heavy atom. The standard InChI is InChI=1S/C30H32Cl2FN3O4S/c1-2-28(30(38)34-22-9-6-7-10-22)35(19-25-26(31)13-8-14-27(25)32)29(37)20-36(23-11-4-3-5-12-23)41(39,40)24-17-15-21(33)16-18-24/h3-5,8,11-18,22,28H,2,6-7,9-10,19-20H2,1H3,(H,34,38)/t28-/m0/s1. The molecule has 1 N–H and O–H groups in total. The topological polar surface area (TPSA) is 86.8 Å². The molecule has 11 heteroatoms. The van der Waals surface area contributed by atoms with Gasteiger partial charge in [0, 0.05) is 28.2 Å². The Morgan fingerprint density at radius 1 is 0.951 bits per heavy atom. The minimum atomic E-state index is -4.29. The molecule has 1 fully saturated rings. The second-order valence-electron chi connectivity index (χ2n) is 9.94. The van der Waals surface area contributed by atoms with Crippen LogP contribution >= 0.6 is 23.2 Å². The summed E-state index contributed by atoms with van der Waals surface area (Å²) in [6.45, 7) is 1.07. The number of hydrogen-bond acceptors (Lipinski definition) is 4. The summed E-state index contributed by atoms with van der Waals surface area (Å²) in [6, 6.07) is 16.6. The molecule has 0 unspecified atom stereocenters. The fraction of sp³-hybridized carbons (Fsp3) is 0.333. The SMILES string of the molecule is CC[C@@H](C(=O)NC1CCCC1)N(Cc1c(Cl)cccc1Cl)C(=O)CN(c1ccccc1)S(=O)(=O)c1ccc(F)cc1. The number of para-hydroxylation sites is 1. The molecule has 0 saturated heterocycles. The van der Waals surface area contributed by atoms with E-state index in [-0.39, 0.29) is 35.5 Å². The van der Waals surface area contributed by atoms with Gasteiger partial charge in [0.05, 0.1) is 10.6 Å². The fourth-order valence-corrected chi connectivity index (χ4v) is 6.93. The first-order valence-electron chi connectivity index (χ1n) is 13.5. The smallest absolute Gasteiger partial charge is 0.264 e. The number of nitrogens with one attached hydrogen (secondary N) is 1. The molecule has 0 aliphatic heterocycles. The van der Waals surface area contributed by atoms with E-state index in [4.69, 9.17) is 23.2 Å². The number of carbonyl (C=O) groups excluding carboxylic acids is 2. The Kier molecular flexibility index (Phi) is 10.3. The lowest BCUT2D eigenvalue weighted by Crippen LogP contribution is -2.53. The first-order chi connectivity index (χ1) is 19.6. The van der Waals surface area contributed by atoms with Gasteiger partial charge in [0.2, 0.25) is 11.8 Å². The largest absolute Gasteiger partial charge is 0.352 e. The Balaban J connectivity index is 1.72. The van der Waals surface area contributed by atoms with Crippen LogP contribution < -0.4 is 9.62 Å². The summed E-state index contributed by atoms with van der Waals surface area (Å²) < 4.78 is 42.1. The highest BCUT2D eigenvalue weighted by molar-refractivity contribution is 7.92. The van der Waals surface area contributed by atoms with E-state index in [2.05, 4.69) is 5.32 Å². The maximum absolute atomic E-state index is 14.1. The summed E-state index contributed by atoms with van der Waals surface area (Å²) in [7, 11) is -4.29. The molecule has 2 amide bonds. The maximum atomic E-state index is 14.1. The summed E-state index contributed by atoms with van der Waals surface area (Å²) in [6.07, 6.45) is 4.05. The first kappa shape index (κ1) is 30.8. The van der Waals surface area contributed by atoms with Gasteiger partial charge < -0.3 is 10.2 Å². The van der Waals surface area contributed by atoms with Crippen LogP contribution in [0.2, 0.25) is 10.0 Å². The molecular formula is C30H32Cl2FN3O4S. The predicted molar refractivity (Wildman–Crippen MR) is 159 cm³/mol. The maximum Gasteiger partial charge on any atom is 0.264 e. The minimum Gasteiger partial charge on any atom is -0.352 e. The van der Waals surface area contributed by atoms with Crippen molar-refractivity contribution in [2.24, 2.45) is 0 Å². The summed E-state index contributed by atoms with van der Waals surface area (Å²) in [5.41, 5.74) is 0.688. The highest BCUT2D eigenvalue weighted by Crippen LogP contribution is 2.29. The first-order valence-corrected chi connectivity index (χ1v) is 15.7. The summed E-state index contributed by atoms with van der Waals surface area (Å²) in [4.78, 5) is 28.8. The Hall–Kier alpha value is -3.14. The molecule has 1 saturated carbocycles. The van der Waals surface area contributed by atoms with E-state index in [0.29, 0.717) is 15.6 Å². The Morgan fingerprint density at radius 3 is 2.15 bits per heavy atom. The van der Waals surface area contributed by atoms with E-state index in [9.17, 15) is 22.4 Å². The lowest BCUT2D eigenvalue weighted by molar-refractivity contribution is -0.140. The van der Waals surface area contributed by atoms with Crippen molar-refractivity contribution in [1.82, 2.24) is 10.2 Å². The molecule has 0 radical (unpaired) electrons. The van der Waals surface area contributed by atoms with Crippen LogP contribution in [0.3, 0.4) is 0 Å². The van der Waals surface area contributed by atoms with Gasteiger partial charge in [-0.05, 0) is 67.8 Å². The van der Waals surface area contributed by atoms with Crippen molar-refractivity contribution in [3.05, 3.63) is 94.2 Å². The molecule has 0 bridgehead atoms. The van der Waals surface area contributed by atoms with Crippen molar-refractivity contribution in [2.45, 2.75) is 62.6 Å². The normalized spacial score (nSPS) is 14.4. The minimum absolute atomic E-state index is 0.0251. The lowest BCUT2D eigenvalue weighted by atomic mass is 10.1. The van der Waals surface area contributed by atoms with Crippen LogP contribution in [0.4, 0.5) is 10.1 Å². The van der Waals surface area contributed by atoms with Crippen LogP contribution in [0.1, 0.15) is 44.6 Å². The molecule has 7 nitrogen and oxygen atoms in total. The number of nitrogens with zero attached hydrogens (tertiary/aromatic N) is 2. The van der Waals surface area contributed by atoms with Crippen molar-refractivity contribution >= 4 is 50.7 Å². The number of hydrogen-bond donors (Lipinski definition) is 1. The van der Waals surface area contributed by atoms with Crippen LogP contribution in [0.15, 0.2) is 77.7 Å². The molecule has 0 heterocycles. The van der Waals surface area contributed by atoms with Crippen molar-refractivity contribution < 1.29 is 22.4 Å². The van der Waals surface area contributed by atoms with E-state index >= 15 is 0 Å². The zero-order chi connectivity index (χ0) is 29.6. The van der Waals surface area contributed by atoms with Crippen LogP contribution in [0.5, 0.6) is 0 Å². The second kappa shape index (κ2) is 13.7. The highest BCUT2D eigenvalue weighted by atomic mass is 35.5. The van der Waals surface area contributed by atoms with Gasteiger partial charge in [-0.3, -0.25) is 13.9 Å². The molecule has 4 rings (SSSR count). The average molecular weight is 621 g/mol. The number of anilines is 1. The quantitative estimate of drug-likeness (QED) is 0.277. The molecule has 218 valence electrons. The molecule has 1 aliphatic carbocycles. The van der Waals surface area contributed by atoms with Crippen molar-refractivity contribution in [3.63, 3.8) is 0 Å². The van der Waals surface area contributed by atoms with E-state index in [1.807, 2.05) is 0 Å². The molecule has 1 aliphatic rings. The van der Waals surface area contributed by atoms with Crippen LogP contribution in [0, 0.1) is 5.82 Å². The van der Waals surface area contributed by atoms with Gasteiger partial charge in [-0.2, -0.15) is 0 Å². The molecule has 41 heavy (non-hydrogen) atoms. The number of benzene rings is 3. The number of carbonyl (C=O) groups is 2. The van der Waals surface area contributed by atoms with E-state index in [0.717, 1.165) is 54.3 Å². The van der Waals surface area contributed by atoms with E-state index in [1.165, 1.54) is 4.90 Å². The number of sulfonamides is 1. The van der Waals surface area contributed by atoms with Gasteiger partial charge in [-0.25, -0.2) is 12.8 Å². The third-order valence-corrected chi connectivity index (χ3v) is 9.70. The molecule has 0 spiro atoms. The molecule has 3 aromatic rings. The van der Waals surface area contributed by atoms with Crippen LogP contribution in [-0.4, -0.2) is 43.8 Å². The van der Waals surface area contributed by atoms with Gasteiger partial charge in [-0.15, -0.1) is 0 Å². The van der Waals surface area contributed by atoms with Gasteiger partial charge in [0.15, 0.2) is 0 Å². The van der Waals surface area contributed by atoms with Crippen LogP contribution in [-0.2, 0) is 26.2 Å². The van der Waals surface area contributed by atoms with Gasteiger partial charge >= 0.3 is 0 Å². The highest BCUT2D eigenvalue weighted by Gasteiger charge is 2.35. The monoisotopic (exact) mass is 619 g/mol. The zero-order valence-corrected chi connectivity index (χ0v) is 24.9. The Labute approximate surface area is 250 Å². The number of rotatable bonds is 11. The van der Waals surface area contributed by atoms with Gasteiger partial charge in [0.25, 0.3) is 10.0 Å². The third kappa shape index (κ3) is 7.39. The summed E-state index contributed by atoms with van der Waals surface area (Å²) in [5.74, 6) is -1.53. The number of halogens is 3. The average Bonchev–Trinajstić information content (AvgIpc) is 3.46. The molecule has 1 atom stereocenters. The van der Waals surface area contributed by atoms with Crippen molar-refractivity contribution in [3.8, 4) is 0 Å². The van der Waals surface area contributed by atoms with E-state index < -0.39 is 34.3 Å². The molecular weight excluding hydrogens is 588 g/mol. The second-order valence-corrected chi connectivity index (χ2v) is 12.6. The van der Waals surface area contributed by atoms with Gasteiger partial charge in [-0.1, -0.05) is 67.2 Å². The Bertz CT molecular complexity index is 1450.